The van der Waals surface area contributed by atoms with Gasteiger partial charge in [-0.15, -0.1) is 0 Å². The van der Waals surface area contributed by atoms with Crippen LogP contribution in [-0.4, -0.2) is 191 Å². The van der Waals surface area contributed by atoms with Gasteiger partial charge in [0.15, 0.2) is 0 Å². The van der Waals surface area contributed by atoms with E-state index in [1.165, 1.54) is 0 Å². The van der Waals surface area contributed by atoms with E-state index in [2.05, 4.69) is 0 Å². The quantitative estimate of drug-likeness (QED) is 0.0849. The third kappa shape index (κ3) is 107. The molecule has 252 valence electrons. The van der Waals surface area contributed by atoms with Crippen molar-refractivity contribution in [2.75, 3.05) is 0 Å². The van der Waals surface area contributed by atoms with Crippen molar-refractivity contribution in [1.82, 2.24) is 0 Å². The Morgan fingerprint density at radius 2 is 0.533 bits per heavy atom. The Balaban J connectivity index is -0.0000000510. The summed E-state index contributed by atoms with van der Waals surface area (Å²) >= 11 is 0. The molecule has 0 aliphatic rings. The van der Waals surface area contributed by atoms with Crippen LogP contribution in [0.5, 0.6) is 0 Å². The number of aliphatic carboxylic acids is 6. The summed E-state index contributed by atoms with van der Waals surface area (Å²) < 4.78 is 0. The number of carboxylic acids is 6. The predicted molar refractivity (Wildman–Crippen MR) is 163 cm³/mol. The molecule has 0 aromatic carbocycles. The SMILES string of the molecule is CC(=O)O.CC(=O)O.CC(=O)O.NC(=O)CC[C@H](N)C(=O)O.NC(=O)CC[C@H](N)C(=O)O.NC(=O)CC[C@H](N)C(=O)O.[NaH].[NaH].[NaH]. The molecular weight excluding hydrogens is 645 g/mol. The van der Waals surface area contributed by atoms with E-state index < -0.39 is 71.7 Å². The molecule has 0 bridgehead atoms. The molecule has 0 heterocycles. The maximum absolute atomic E-state index is 10.1. The van der Waals surface area contributed by atoms with Crippen LogP contribution in [0.25, 0.3) is 0 Å². The first-order chi connectivity index (χ1) is 18.8. The number of nitrogens with two attached hydrogens (primary N) is 6. The van der Waals surface area contributed by atoms with Gasteiger partial charge < -0.3 is 65.0 Å². The second-order valence-corrected chi connectivity index (χ2v) is 7.41. The van der Waals surface area contributed by atoms with Crippen molar-refractivity contribution in [3.63, 3.8) is 0 Å². The van der Waals surface area contributed by atoms with E-state index in [-0.39, 0.29) is 127 Å². The van der Waals surface area contributed by atoms with E-state index in [0.717, 1.165) is 20.8 Å². The summed E-state index contributed by atoms with van der Waals surface area (Å²) in [7, 11) is 0. The number of hydrogen-bond acceptors (Lipinski definition) is 12. The normalized spacial score (nSPS) is 10.0. The van der Waals surface area contributed by atoms with Gasteiger partial charge in [0.2, 0.25) is 17.7 Å². The average molecular weight is 691 g/mol. The molecule has 0 aromatic heterocycles. The van der Waals surface area contributed by atoms with Crippen molar-refractivity contribution in [2.24, 2.45) is 34.4 Å². The first-order valence-electron chi connectivity index (χ1n) is 11.2. The summed E-state index contributed by atoms with van der Waals surface area (Å²) in [5, 5.41) is 46.9. The van der Waals surface area contributed by atoms with E-state index >= 15 is 0 Å². The van der Waals surface area contributed by atoms with Crippen molar-refractivity contribution in [1.29, 1.82) is 0 Å². The van der Waals surface area contributed by atoms with Gasteiger partial charge in [-0.05, 0) is 19.3 Å². The van der Waals surface area contributed by atoms with Crippen LogP contribution < -0.4 is 34.4 Å². The minimum absolute atomic E-state index is 0. The van der Waals surface area contributed by atoms with Gasteiger partial charge in [0.1, 0.15) is 18.1 Å². The molecule has 0 rings (SSSR count). The second-order valence-electron chi connectivity index (χ2n) is 7.41. The number of carbonyl (C=O) groups excluding carboxylic acids is 3. The van der Waals surface area contributed by atoms with E-state index in [9.17, 15) is 28.8 Å². The van der Waals surface area contributed by atoms with Crippen molar-refractivity contribution in [2.45, 2.75) is 77.4 Å². The molecule has 0 unspecified atom stereocenters. The molecule has 3 amide bonds. The molecule has 0 saturated heterocycles. The molecule has 0 saturated carbocycles. The number of hydrogen-bond donors (Lipinski definition) is 12. The molecule has 3 atom stereocenters. The number of amides is 3. The van der Waals surface area contributed by atoms with E-state index in [1.54, 1.807) is 0 Å². The minimum atomic E-state index is -1.11. The molecule has 0 fully saturated rings. The number of carbonyl (C=O) groups is 9. The van der Waals surface area contributed by atoms with Gasteiger partial charge in [-0.1, -0.05) is 0 Å². The summed E-state index contributed by atoms with van der Waals surface area (Å²) in [6, 6.07) is -2.94. The molecule has 18 N–H and O–H groups in total. The Bertz CT molecular complexity index is 762. The Labute approximate surface area is 325 Å². The van der Waals surface area contributed by atoms with Gasteiger partial charge in [-0.2, -0.15) is 0 Å². The molecule has 45 heavy (non-hydrogen) atoms. The third-order valence-electron chi connectivity index (χ3n) is 3.06. The Hall–Kier alpha value is -1.89. The van der Waals surface area contributed by atoms with Crippen LogP contribution in [0.4, 0.5) is 0 Å². The van der Waals surface area contributed by atoms with Gasteiger partial charge in [0.25, 0.3) is 17.9 Å². The van der Waals surface area contributed by atoms with Crippen LogP contribution in [-0.2, 0) is 43.2 Å². The fourth-order valence-corrected chi connectivity index (χ4v) is 1.26. The van der Waals surface area contributed by atoms with Crippen molar-refractivity contribution in [3.05, 3.63) is 0 Å². The molecular formula is C21H45N6Na3O15. The van der Waals surface area contributed by atoms with Crippen LogP contribution in [0.2, 0.25) is 0 Å². The van der Waals surface area contributed by atoms with E-state index in [0.29, 0.717) is 0 Å². The maximum atomic E-state index is 10.1. The van der Waals surface area contributed by atoms with Crippen molar-refractivity contribution < 1.29 is 73.8 Å². The fourth-order valence-electron chi connectivity index (χ4n) is 1.26. The monoisotopic (exact) mass is 690 g/mol. The molecule has 0 radical (unpaired) electrons. The van der Waals surface area contributed by atoms with Crippen LogP contribution in [0, 0.1) is 0 Å². The summed E-state index contributed by atoms with van der Waals surface area (Å²) in [4.78, 5) is 87.4. The number of primary amides is 3. The topological polar surface area (TPSA) is 431 Å². The average Bonchev–Trinajstić information content (AvgIpc) is 2.78. The van der Waals surface area contributed by atoms with Crippen LogP contribution in [0.1, 0.15) is 59.3 Å². The van der Waals surface area contributed by atoms with E-state index in [4.69, 9.17) is 79.4 Å². The Kier molecular flexibility index (Phi) is 64.6. The zero-order chi connectivity index (χ0) is 35.2. The van der Waals surface area contributed by atoms with Gasteiger partial charge >= 0.3 is 107 Å². The molecule has 24 heteroatoms. The summed E-state index contributed by atoms with van der Waals surface area (Å²) in [5.74, 6) is -7.42. The van der Waals surface area contributed by atoms with Crippen molar-refractivity contribution in [3.8, 4) is 0 Å². The second kappa shape index (κ2) is 44.2. The van der Waals surface area contributed by atoms with Gasteiger partial charge in [0.05, 0.1) is 0 Å². The van der Waals surface area contributed by atoms with Crippen LogP contribution in [0.15, 0.2) is 0 Å². The standard InChI is InChI=1S/3C5H10N2O3.3C2H4O2.3Na.3H/c3*6-3(5(9)10)1-2-4(7)8;3*1-2(3)4;;;;;;/h3*3H,1-2,6H2,(H2,7,8)(H,9,10);3*1H3,(H,3,4);;;;;;/t3*3-;;;;;;;;;/m000........./s1. The zero-order valence-electron chi connectivity index (χ0n) is 23.3. The van der Waals surface area contributed by atoms with Gasteiger partial charge in [-0.25, -0.2) is 0 Å². The summed E-state index contributed by atoms with van der Waals surface area (Å²) in [5.41, 5.74) is 29.4. The third-order valence-corrected chi connectivity index (χ3v) is 3.06. The summed E-state index contributed by atoms with van der Waals surface area (Å²) in [6.45, 7) is 3.25. The molecule has 0 aromatic rings. The first-order valence-corrected chi connectivity index (χ1v) is 11.2. The van der Waals surface area contributed by atoms with Gasteiger partial charge in [0, 0.05) is 40.0 Å². The Morgan fingerprint density at radius 3 is 0.600 bits per heavy atom. The summed E-state index contributed by atoms with van der Waals surface area (Å²) in [6.07, 6.45) is 0.369. The van der Waals surface area contributed by atoms with Crippen LogP contribution >= 0.6 is 0 Å². The zero-order valence-corrected chi connectivity index (χ0v) is 23.3. The van der Waals surface area contributed by atoms with Crippen molar-refractivity contribution >= 4 is 142 Å². The predicted octanol–water partition coefficient (Wildman–Crippen LogP) is -5.68. The molecule has 0 spiro atoms. The van der Waals surface area contributed by atoms with Crippen LogP contribution in [0.3, 0.4) is 0 Å². The van der Waals surface area contributed by atoms with Gasteiger partial charge in [-0.3, -0.25) is 43.2 Å². The Morgan fingerprint density at radius 1 is 0.422 bits per heavy atom. The molecule has 21 nitrogen and oxygen atoms in total. The number of carboxylic acid groups (broad SMARTS) is 6. The molecule has 0 aliphatic carbocycles. The first kappa shape index (κ1) is 65.7. The number of rotatable bonds is 12. The van der Waals surface area contributed by atoms with E-state index in [1.807, 2.05) is 0 Å². The fraction of sp³-hybridized carbons (Fsp3) is 0.571. The molecule has 0 aliphatic heterocycles.